The molecule has 2 heterocycles. The molecule has 2 aromatic rings. The van der Waals surface area contributed by atoms with Crippen LogP contribution in [0.3, 0.4) is 0 Å². The van der Waals surface area contributed by atoms with Crippen LogP contribution >= 0.6 is 0 Å². The second-order valence-corrected chi connectivity index (χ2v) is 4.40. The van der Waals surface area contributed by atoms with E-state index in [4.69, 9.17) is 4.74 Å². The predicted octanol–water partition coefficient (Wildman–Crippen LogP) is 1.36. The minimum Gasteiger partial charge on any atom is -0.482 e. The smallest absolute Gasteiger partial charge is 0.262 e. The molecule has 19 heavy (non-hydrogen) atoms. The Bertz CT molecular complexity index is 621. The molecule has 0 bridgehead atoms. The summed E-state index contributed by atoms with van der Waals surface area (Å²) in [5.74, 6) is 1.41. The van der Waals surface area contributed by atoms with Gasteiger partial charge in [-0.05, 0) is 17.7 Å². The Morgan fingerprint density at radius 3 is 3.16 bits per heavy atom. The van der Waals surface area contributed by atoms with E-state index in [1.165, 1.54) is 0 Å². The van der Waals surface area contributed by atoms with Gasteiger partial charge in [0.05, 0.1) is 5.69 Å². The van der Waals surface area contributed by atoms with Gasteiger partial charge in [-0.25, -0.2) is 0 Å². The fourth-order valence-corrected chi connectivity index (χ4v) is 1.94. The molecule has 1 aliphatic heterocycles. The number of nitrogens with zero attached hydrogens (tertiary/aromatic N) is 2. The van der Waals surface area contributed by atoms with Crippen LogP contribution in [0.2, 0.25) is 0 Å². The quantitative estimate of drug-likeness (QED) is 0.872. The minimum absolute atomic E-state index is 0.0819. The Morgan fingerprint density at radius 1 is 1.47 bits per heavy atom. The molecular weight excluding hydrogens is 244 g/mol. The van der Waals surface area contributed by atoms with Crippen LogP contribution in [0.25, 0.3) is 0 Å². The molecule has 1 aromatic heterocycles. The van der Waals surface area contributed by atoms with Crippen LogP contribution in [0, 0.1) is 0 Å². The van der Waals surface area contributed by atoms with E-state index in [-0.39, 0.29) is 12.5 Å². The zero-order chi connectivity index (χ0) is 13.2. The summed E-state index contributed by atoms with van der Waals surface area (Å²) in [6, 6.07) is 7.64. The molecule has 6 nitrogen and oxygen atoms in total. The fourth-order valence-electron chi connectivity index (χ4n) is 1.94. The van der Waals surface area contributed by atoms with E-state index in [0.29, 0.717) is 12.3 Å². The Labute approximate surface area is 110 Å². The van der Waals surface area contributed by atoms with Gasteiger partial charge in [0.15, 0.2) is 6.61 Å². The van der Waals surface area contributed by atoms with Gasteiger partial charge in [-0.15, -0.1) is 0 Å². The number of benzene rings is 1. The molecule has 0 radical (unpaired) electrons. The van der Waals surface area contributed by atoms with E-state index < -0.39 is 0 Å². The highest BCUT2D eigenvalue weighted by molar-refractivity contribution is 5.95. The number of nitrogens with one attached hydrogen (secondary N) is 2. The van der Waals surface area contributed by atoms with Crippen molar-refractivity contribution in [2.75, 3.05) is 17.2 Å². The van der Waals surface area contributed by atoms with E-state index in [1.807, 2.05) is 37.5 Å². The number of aryl methyl sites for hydroxylation is 1. The van der Waals surface area contributed by atoms with Gasteiger partial charge in [0.1, 0.15) is 11.6 Å². The van der Waals surface area contributed by atoms with Gasteiger partial charge < -0.3 is 15.4 Å². The summed E-state index contributed by atoms with van der Waals surface area (Å²) in [5.41, 5.74) is 1.77. The minimum atomic E-state index is -0.123. The molecule has 0 saturated heterocycles. The first-order valence-corrected chi connectivity index (χ1v) is 6.00. The number of carbonyl (C=O) groups excluding carboxylic acids is 1. The largest absolute Gasteiger partial charge is 0.482 e. The second-order valence-electron chi connectivity index (χ2n) is 4.40. The summed E-state index contributed by atoms with van der Waals surface area (Å²) in [6.07, 6.45) is 1.88. The Kier molecular flexibility index (Phi) is 2.83. The maximum atomic E-state index is 11.3. The lowest BCUT2D eigenvalue weighted by atomic mass is 10.1. The zero-order valence-electron chi connectivity index (χ0n) is 10.5. The van der Waals surface area contributed by atoms with Gasteiger partial charge in [0.2, 0.25) is 0 Å². The number of fused-ring (bicyclic) bond motifs is 1. The van der Waals surface area contributed by atoms with Crippen molar-refractivity contribution in [3.8, 4) is 5.75 Å². The van der Waals surface area contributed by atoms with Gasteiger partial charge in [0, 0.05) is 25.9 Å². The van der Waals surface area contributed by atoms with E-state index in [1.54, 1.807) is 4.68 Å². The Morgan fingerprint density at radius 2 is 2.37 bits per heavy atom. The molecule has 0 aliphatic carbocycles. The molecule has 1 amide bonds. The molecule has 0 atom stereocenters. The fraction of sp³-hybridized carbons (Fsp3) is 0.231. The third-order valence-electron chi connectivity index (χ3n) is 2.86. The standard InChI is InChI=1S/C13H14N4O2/c1-17-5-4-12(16-17)14-7-9-2-3-11-10(6-9)15-13(18)8-19-11/h2-6H,7-8H2,1H3,(H,14,16)(H,15,18). The van der Waals surface area contributed by atoms with Crippen LogP contribution in [-0.2, 0) is 18.4 Å². The molecule has 6 heteroatoms. The first-order valence-electron chi connectivity index (χ1n) is 6.00. The molecule has 1 aliphatic rings. The van der Waals surface area contributed by atoms with E-state index in [0.717, 1.165) is 17.1 Å². The number of hydrogen-bond acceptors (Lipinski definition) is 4. The highest BCUT2D eigenvalue weighted by atomic mass is 16.5. The average Bonchev–Trinajstić information content (AvgIpc) is 2.81. The summed E-state index contributed by atoms with van der Waals surface area (Å²) in [4.78, 5) is 11.3. The number of hydrogen-bond donors (Lipinski definition) is 2. The van der Waals surface area contributed by atoms with E-state index >= 15 is 0 Å². The molecule has 0 saturated carbocycles. The predicted molar refractivity (Wildman–Crippen MR) is 71.1 cm³/mol. The van der Waals surface area contributed by atoms with Gasteiger partial charge in [-0.3, -0.25) is 9.48 Å². The molecule has 3 rings (SSSR count). The highest BCUT2D eigenvalue weighted by Crippen LogP contribution is 2.28. The SMILES string of the molecule is Cn1ccc(NCc2ccc3c(c2)NC(=O)CO3)n1. The van der Waals surface area contributed by atoms with Crippen LogP contribution in [0.1, 0.15) is 5.56 Å². The molecule has 2 N–H and O–H groups in total. The van der Waals surface area contributed by atoms with Crippen molar-refractivity contribution in [3.63, 3.8) is 0 Å². The monoisotopic (exact) mass is 258 g/mol. The van der Waals surface area contributed by atoms with Crippen molar-refractivity contribution >= 4 is 17.4 Å². The number of anilines is 2. The lowest BCUT2D eigenvalue weighted by molar-refractivity contribution is -0.118. The Balaban J connectivity index is 1.71. The topological polar surface area (TPSA) is 68.2 Å². The van der Waals surface area contributed by atoms with Crippen molar-refractivity contribution < 1.29 is 9.53 Å². The molecule has 0 spiro atoms. The molecule has 98 valence electrons. The lowest BCUT2D eigenvalue weighted by Gasteiger charge is -2.18. The van der Waals surface area contributed by atoms with Crippen molar-refractivity contribution in [2.45, 2.75) is 6.54 Å². The van der Waals surface area contributed by atoms with Gasteiger partial charge >= 0.3 is 0 Å². The second kappa shape index (κ2) is 4.64. The van der Waals surface area contributed by atoms with Crippen molar-refractivity contribution in [1.82, 2.24) is 9.78 Å². The average molecular weight is 258 g/mol. The number of rotatable bonds is 3. The maximum Gasteiger partial charge on any atom is 0.262 e. The summed E-state index contributed by atoms with van der Waals surface area (Å²) in [6.45, 7) is 0.721. The third-order valence-corrected chi connectivity index (χ3v) is 2.86. The summed E-state index contributed by atoms with van der Waals surface area (Å²) in [7, 11) is 1.87. The summed E-state index contributed by atoms with van der Waals surface area (Å²) >= 11 is 0. The van der Waals surface area contributed by atoms with Gasteiger partial charge in [0.25, 0.3) is 5.91 Å². The molecule has 1 aromatic carbocycles. The normalized spacial score (nSPS) is 13.4. The van der Waals surface area contributed by atoms with Crippen LogP contribution in [-0.4, -0.2) is 22.3 Å². The Hall–Kier alpha value is -2.50. The van der Waals surface area contributed by atoms with Crippen molar-refractivity contribution in [1.29, 1.82) is 0 Å². The summed E-state index contributed by atoms with van der Waals surface area (Å²) in [5, 5.41) is 10.2. The van der Waals surface area contributed by atoms with Crippen LogP contribution in [0.5, 0.6) is 5.75 Å². The molecule has 0 fully saturated rings. The van der Waals surface area contributed by atoms with Crippen LogP contribution in [0.15, 0.2) is 30.5 Å². The lowest BCUT2D eigenvalue weighted by Crippen LogP contribution is -2.25. The molecule has 0 unspecified atom stereocenters. The van der Waals surface area contributed by atoms with Crippen molar-refractivity contribution in [3.05, 3.63) is 36.0 Å². The van der Waals surface area contributed by atoms with E-state index in [9.17, 15) is 4.79 Å². The maximum absolute atomic E-state index is 11.3. The number of ether oxygens (including phenoxy) is 1. The zero-order valence-corrected chi connectivity index (χ0v) is 10.5. The van der Waals surface area contributed by atoms with E-state index in [2.05, 4.69) is 15.7 Å². The molecular formula is C13H14N4O2. The number of aromatic nitrogens is 2. The van der Waals surface area contributed by atoms with Gasteiger partial charge in [-0.2, -0.15) is 5.10 Å². The van der Waals surface area contributed by atoms with Gasteiger partial charge in [-0.1, -0.05) is 6.07 Å². The van der Waals surface area contributed by atoms with Crippen LogP contribution < -0.4 is 15.4 Å². The summed E-state index contributed by atoms with van der Waals surface area (Å²) < 4.78 is 7.05. The third kappa shape index (κ3) is 2.52. The first kappa shape index (κ1) is 11.6. The number of carbonyl (C=O) groups is 1. The van der Waals surface area contributed by atoms with Crippen molar-refractivity contribution in [2.24, 2.45) is 7.05 Å². The van der Waals surface area contributed by atoms with Crippen LogP contribution in [0.4, 0.5) is 11.5 Å². The highest BCUT2D eigenvalue weighted by Gasteiger charge is 2.15. The first-order chi connectivity index (χ1) is 9.20. The number of amides is 1.